The molecule has 0 saturated heterocycles. The van der Waals surface area contributed by atoms with Crippen LogP contribution in [0.4, 0.5) is 4.39 Å². The summed E-state index contributed by atoms with van der Waals surface area (Å²) in [5.74, 6) is -0.296. The molecule has 1 aromatic heterocycles. The van der Waals surface area contributed by atoms with Crippen LogP contribution in [-0.2, 0) is 9.84 Å². The van der Waals surface area contributed by atoms with Gasteiger partial charge in [-0.05, 0) is 29.8 Å². The third-order valence-corrected chi connectivity index (χ3v) is 6.59. The van der Waals surface area contributed by atoms with Gasteiger partial charge in [0.1, 0.15) is 10.8 Å². The molecule has 0 atom stereocenters. The quantitative estimate of drug-likeness (QED) is 0.435. The van der Waals surface area contributed by atoms with Gasteiger partial charge in [0.2, 0.25) is 0 Å². The summed E-state index contributed by atoms with van der Waals surface area (Å²) in [5, 5.41) is 0.849. The molecule has 6 heteroatoms. The van der Waals surface area contributed by atoms with Gasteiger partial charge in [0, 0.05) is 17.4 Å². The maximum Gasteiger partial charge on any atom is 0.175 e. The highest BCUT2D eigenvalue weighted by molar-refractivity contribution is 7.90. The van der Waals surface area contributed by atoms with Crippen molar-refractivity contribution in [1.29, 1.82) is 0 Å². The molecule has 0 aliphatic rings. The molecular formula is C22H16FNO2S2. The fourth-order valence-corrected chi connectivity index (χ4v) is 4.61. The first-order chi connectivity index (χ1) is 13.4. The van der Waals surface area contributed by atoms with Gasteiger partial charge in [-0.15, -0.1) is 11.3 Å². The molecule has 4 aromatic rings. The zero-order chi connectivity index (χ0) is 19.7. The molecule has 28 heavy (non-hydrogen) atoms. The van der Waals surface area contributed by atoms with E-state index in [0.717, 1.165) is 32.3 Å². The first-order valence-electron chi connectivity index (χ1n) is 8.54. The molecular weight excluding hydrogens is 393 g/mol. The van der Waals surface area contributed by atoms with Gasteiger partial charge in [-0.2, -0.15) is 0 Å². The van der Waals surface area contributed by atoms with Crippen molar-refractivity contribution in [2.75, 3.05) is 6.26 Å². The van der Waals surface area contributed by atoms with E-state index in [-0.39, 0.29) is 10.7 Å². The van der Waals surface area contributed by atoms with Crippen molar-refractivity contribution in [3.63, 3.8) is 0 Å². The molecule has 0 N–H and O–H groups in total. The fourth-order valence-electron chi connectivity index (χ4n) is 2.88. The number of hydrogen-bond donors (Lipinski definition) is 0. The summed E-state index contributed by atoms with van der Waals surface area (Å²) in [6.07, 6.45) is 1.18. The standard InChI is InChI=1S/C22H16FNO2S2/c1-28(25,26)19-13-9-15(10-14-19)20-21(16-7-11-18(23)12-8-16)27-22(24-20)17-5-3-2-4-6-17/h2-14H,1H3. The van der Waals surface area contributed by atoms with Crippen molar-refractivity contribution >= 4 is 21.2 Å². The average molecular weight is 410 g/mol. The van der Waals surface area contributed by atoms with Crippen LogP contribution in [0.25, 0.3) is 32.3 Å². The van der Waals surface area contributed by atoms with Crippen molar-refractivity contribution in [1.82, 2.24) is 4.98 Å². The molecule has 0 unspecified atom stereocenters. The summed E-state index contributed by atoms with van der Waals surface area (Å²) < 4.78 is 36.9. The Bertz CT molecular complexity index is 1210. The summed E-state index contributed by atoms with van der Waals surface area (Å²) in [6.45, 7) is 0. The Morgan fingerprint density at radius 3 is 2.00 bits per heavy atom. The summed E-state index contributed by atoms with van der Waals surface area (Å²) >= 11 is 1.52. The number of aromatic nitrogens is 1. The number of halogens is 1. The van der Waals surface area contributed by atoms with Crippen LogP contribution in [0, 0.1) is 5.82 Å². The molecule has 0 bridgehead atoms. The maximum atomic E-state index is 13.4. The highest BCUT2D eigenvalue weighted by atomic mass is 32.2. The van der Waals surface area contributed by atoms with Crippen molar-refractivity contribution in [3.8, 4) is 32.3 Å². The SMILES string of the molecule is CS(=O)(=O)c1ccc(-c2nc(-c3ccccc3)sc2-c2ccc(F)cc2)cc1. The fraction of sp³-hybridized carbons (Fsp3) is 0.0455. The molecule has 1 heterocycles. The highest BCUT2D eigenvalue weighted by Gasteiger charge is 2.17. The summed E-state index contributed by atoms with van der Waals surface area (Å²) in [4.78, 5) is 5.99. The van der Waals surface area contributed by atoms with Gasteiger partial charge >= 0.3 is 0 Å². The molecule has 0 fully saturated rings. The van der Waals surface area contributed by atoms with Crippen LogP contribution >= 0.6 is 11.3 Å². The second-order valence-electron chi connectivity index (χ2n) is 6.37. The van der Waals surface area contributed by atoms with Crippen LogP contribution in [0.1, 0.15) is 0 Å². The van der Waals surface area contributed by atoms with Crippen molar-refractivity contribution in [2.45, 2.75) is 4.90 Å². The van der Waals surface area contributed by atoms with Crippen molar-refractivity contribution in [2.24, 2.45) is 0 Å². The van der Waals surface area contributed by atoms with E-state index in [0.29, 0.717) is 0 Å². The zero-order valence-corrected chi connectivity index (χ0v) is 16.6. The highest BCUT2D eigenvalue weighted by Crippen LogP contribution is 2.40. The largest absolute Gasteiger partial charge is 0.235 e. The van der Waals surface area contributed by atoms with Crippen LogP contribution in [0.15, 0.2) is 83.8 Å². The molecule has 4 rings (SSSR count). The lowest BCUT2D eigenvalue weighted by Crippen LogP contribution is -1.96. The first kappa shape index (κ1) is 18.5. The Labute approximate surface area is 167 Å². The van der Waals surface area contributed by atoms with E-state index < -0.39 is 9.84 Å². The van der Waals surface area contributed by atoms with Crippen LogP contribution in [0.3, 0.4) is 0 Å². The Kier molecular flexibility index (Phi) is 4.83. The second-order valence-corrected chi connectivity index (χ2v) is 9.38. The van der Waals surface area contributed by atoms with Gasteiger partial charge in [-0.3, -0.25) is 0 Å². The number of nitrogens with zero attached hydrogens (tertiary/aromatic N) is 1. The maximum absolute atomic E-state index is 13.4. The predicted octanol–water partition coefficient (Wildman–Crippen LogP) is 5.69. The first-order valence-corrected chi connectivity index (χ1v) is 11.3. The van der Waals surface area contributed by atoms with Gasteiger partial charge < -0.3 is 0 Å². The van der Waals surface area contributed by atoms with Gasteiger partial charge in [-0.1, -0.05) is 54.6 Å². The average Bonchev–Trinajstić information content (AvgIpc) is 3.14. The number of benzene rings is 3. The molecule has 3 aromatic carbocycles. The van der Waals surface area contributed by atoms with E-state index in [1.165, 1.54) is 29.7 Å². The Hall–Kier alpha value is -2.83. The second kappa shape index (κ2) is 7.30. The smallest absolute Gasteiger partial charge is 0.175 e. The molecule has 0 amide bonds. The number of thiazole rings is 1. The monoisotopic (exact) mass is 409 g/mol. The van der Waals surface area contributed by atoms with Crippen LogP contribution in [0.2, 0.25) is 0 Å². The number of rotatable bonds is 4. The number of hydrogen-bond acceptors (Lipinski definition) is 4. The van der Waals surface area contributed by atoms with E-state index >= 15 is 0 Å². The molecule has 0 spiro atoms. The summed E-state index contributed by atoms with van der Waals surface area (Å²) in [5.41, 5.74) is 3.42. The van der Waals surface area contributed by atoms with Crippen LogP contribution < -0.4 is 0 Å². The molecule has 0 aliphatic carbocycles. The lowest BCUT2D eigenvalue weighted by atomic mass is 10.1. The van der Waals surface area contributed by atoms with Gasteiger partial charge in [0.15, 0.2) is 9.84 Å². The van der Waals surface area contributed by atoms with Crippen molar-refractivity contribution in [3.05, 3.63) is 84.7 Å². The summed E-state index contributed by atoms with van der Waals surface area (Å²) in [7, 11) is -3.27. The van der Waals surface area contributed by atoms with E-state index in [4.69, 9.17) is 4.98 Å². The van der Waals surface area contributed by atoms with Crippen LogP contribution in [-0.4, -0.2) is 19.7 Å². The van der Waals surface area contributed by atoms with E-state index in [1.807, 2.05) is 30.3 Å². The van der Waals surface area contributed by atoms with E-state index in [2.05, 4.69) is 0 Å². The Balaban J connectivity index is 1.87. The minimum absolute atomic E-state index is 0.262. The molecule has 0 radical (unpaired) electrons. The lowest BCUT2D eigenvalue weighted by Gasteiger charge is -2.04. The minimum Gasteiger partial charge on any atom is -0.235 e. The van der Waals surface area contributed by atoms with Gasteiger partial charge in [0.05, 0.1) is 15.5 Å². The van der Waals surface area contributed by atoms with Crippen LogP contribution in [0.5, 0.6) is 0 Å². The van der Waals surface area contributed by atoms with Crippen molar-refractivity contribution < 1.29 is 12.8 Å². The number of sulfone groups is 1. The zero-order valence-electron chi connectivity index (χ0n) is 15.0. The minimum atomic E-state index is -3.27. The summed E-state index contributed by atoms with van der Waals surface area (Å²) in [6, 6.07) is 22.8. The van der Waals surface area contributed by atoms with Gasteiger partial charge in [0.25, 0.3) is 0 Å². The normalized spacial score (nSPS) is 11.5. The van der Waals surface area contributed by atoms with E-state index in [9.17, 15) is 12.8 Å². The Morgan fingerprint density at radius 1 is 0.786 bits per heavy atom. The predicted molar refractivity (Wildman–Crippen MR) is 111 cm³/mol. The molecule has 0 saturated carbocycles. The van der Waals surface area contributed by atoms with Gasteiger partial charge in [-0.25, -0.2) is 17.8 Å². The molecule has 140 valence electrons. The third-order valence-electron chi connectivity index (χ3n) is 4.31. The third kappa shape index (κ3) is 3.74. The topological polar surface area (TPSA) is 47.0 Å². The Morgan fingerprint density at radius 2 is 1.39 bits per heavy atom. The molecule has 3 nitrogen and oxygen atoms in total. The lowest BCUT2D eigenvalue weighted by molar-refractivity contribution is 0.602. The molecule has 0 aliphatic heterocycles. The van der Waals surface area contributed by atoms with E-state index in [1.54, 1.807) is 36.4 Å².